The van der Waals surface area contributed by atoms with Gasteiger partial charge in [0.05, 0.1) is 0 Å². The summed E-state index contributed by atoms with van der Waals surface area (Å²) >= 11 is 0. The maximum Gasteiger partial charge on any atom is 0.174 e. The average molecular weight is 216 g/mol. The lowest BCUT2D eigenvalue weighted by atomic mass is 10.1. The van der Waals surface area contributed by atoms with Crippen molar-refractivity contribution >= 4 is 5.69 Å². The van der Waals surface area contributed by atoms with Crippen LogP contribution in [0, 0.1) is 11.3 Å². The second-order valence-electron chi connectivity index (χ2n) is 3.99. The molecule has 1 aromatic rings. The SMILES string of the molecule is N#CCOc1ccc(N2CCCCC2)cc1. The van der Waals surface area contributed by atoms with E-state index >= 15 is 0 Å². The number of piperidine rings is 1. The quantitative estimate of drug-likeness (QED) is 0.779. The molecule has 1 fully saturated rings. The van der Waals surface area contributed by atoms with Crippen molar-refractivity contribution in [2.75, 3.05) is 24.6 Å². The lowest BCUT2D eigenvalue weighted by molar-refractivity contribution is 0.368. The number of nitriles is 1. The number of anilines is 1. The fraction of sp³-hybridized carbons (Fsp3) is 0.462. The van der Waals surface area contributed by atoms with E-state index in [4.69, 9.17) is 10.00 Å². The van der Waals surface area contributed by atoms with E-state index in [9.17, 15) is 0 Å². The van der Waals surface area contributed by atoms with Gasteiger partial charge in [0.1, 0.15) is 11.8 Å². The average Bonchev–Trinajstić information content (AvgIpc) is 2.38. The Morgan fingerprint density at radius 2 is 1.81 bits per heavy atom. The van der Waals surface area contributed by atoms with Crippen LogP contribution in [0.15, 0.2) is 24.3 Å². The fourth-order valence-electron chi connectivity index (χ4n) is 2.02. The molecule has 1 heterocycles. The van der Waals surface area contributed by atoms with Gasteiger partial charge in [-0.1, -0.05) is 0 Å². The highest BCUT2D eigenvalue weighted by atomic mass is 16.5. The van der Waals surface area contributed by atoms with Crippen molar-refractivity contribution in [2.45, 2.75) is 19.3 Å². The Bertz CT molecular complexity index is 361. The van der Waals surface area contributed by atoms with Crippen LogP contribution in [0.5, 0.6) is 5.75 Å². The van der Waals surface area contributed by atoms with Gasteiger partial charge in [0.15, 0.2) is 6.61 Å². The molecule has 1 aliphatic heterocycles. The van der Waals surface area contributed by atoms with Crippen molar-refractivity contribution in [1.29, 1.82) is 5.26 Å². The number of hydrogen-bond acceptors (Lipinski definition) is 3. The highest BCUT2D eigenvalue weighted by molar-refractivity contribution is 5.49. The van der Waals surface area contributed by atoms with E-state index in [0.717, 1.165) is 18.8 Å². The fourth-order valence-corrected chi connectivity index (χ4v) is 2.02. The maximum atomic E-state index is 8.40. The molecule has 3 heteroatoms. The molecule has 1 saturated heterocycles. The number of hydrogen-bond donors (Lipinski definition) is 0. The van der Waals surface area contributed by atoms with Gasteiger partial charge in [0.2, 0.25) is 0 Å². The molecule has 0 spiro atoms. The molecule has 2 rings (SSSR count). The second kappa shape index (κ2) is 5.41. The summed E-state index contributed by atoms with van der Waals surface area (Å²) in [5.41, 5.74) is 1.25. The Labute approximate surface area is 96.2 Å². The Morgan fingerprint density at radius 1 is 1.12 bits per heavy atom. The molecule has 3 nitrogen and oxygen atoms in total. The van der Waals surface area contributed by atoms with Crippen molar-refractivity contribution in [3.63, 3.8) is 0 Å². The molecule has 0 radical (unpaired) electrons. The van der Waals surface area contributed by atoms with Crippen LogP contribution in [0.4, 0.5) is 5.69 Å². The van der Waals surface area contributed by atoms with E-state index in [-0.39, 0.29) is 6.61 Å². The molecule has 1 aliphatic rings. The minimum atomic E-state index is 0.114. The van der Waals surface area contributed by atoms with E-state index in [0.29, 0.717) is 0 Å². The van der Waals surface area contributed by atoms with Crippen LogP contribution in [0.25, 0.3) is 0 Å². The molecule has 0 N–H and O–H groups in total. The normalized spacial score (nSPS) is 15.6. The molecule has 0 saturated carbocycles. The largest absolute Gasteiger partial charge is 0.479 e. The third-order valence-corrected chi connectivity index (χ3v) is 2.86. The zero-order chi connectivity index (χ0) is 11.2. The van der Waals surface area contributed by atoms with E-state index < -0.39 is 0 Å². The molecule has 0 amide bonds. The zero-order valence-corrected chi connectivity index (χ0v) is 9.35. The molecule has 0 atom stereocenters. The van der Waals surface area contributed by atoms with Crippen LogP contribution in [-0.4, -0.2) is 19.7 Å². The molecule has 0 bridgehead atoms. The summed E-state index contributed by atoms with van der Waals surface area (Å²) < 4.78 is 5.22. The van der Waals surface area contributed by atoms with Gasteiger partial charge < -0.3 is 9.64 Å². The van der Waals surface area contributed by atoms with Crippen molar-refractivity contribution in [1.82, 2.24) is 0 Å². The highest BCUT2D eigenvalue weighted by Crippen LogP contribution is 2.22. The standard InChI is InChI=1S/C13H16N2O/c14-8-11-16-13-6-4-12(5-7-13)15-9-2-1-3-10-15/h4-7H,1-3,9-11H2. The predicted molar refractivity (Wildman–Crippen MR) is 63.6 cm³/mol. The van der Waals surface area contributed by atoms with Gasteiger partial charge in [0.25, 0.3) is 0 Å². The first kappa shape index (κ1) is 10.8. The van der Waals surface area contributed by atoms with Crippen LogP contribution in [0.1, 0.15) is 19.3 Å². The van der Waals surface area contributed by atoms with Crippen LogP contribution in [0.3, 0.4) is 0 Å². The van der Waals surface area contributed by atoms with Gasteiger partial charge in [-0.2, -0.15) is 5.26 Å². The molecular weight excluding hydrogens is 200 g/mol. The van der Waals surface area contributed by atoms with Gasteiger partial charge in [-0.05, 0) is 43.5 Å². The first-order valence-electron chi connectivity index (χ1n) is 5.75. The number of nitrogens with zero attached hydrogens (tertiary/aromatic N) is 2. The van der Waals surface area contributed by atoms with E-state index in [1.54, 1.807) is 0 Å². The summed E-state index contributed by atoms with van der Waals surface area (Å²) in [6, 6.07) is 9.96. The predicted octanol–water partition coefficient (Wildman–Crippen LogP) is 2.58. The highest BCUT2D eigenvalue weighted by Gasteiger charge is 2.10. The smallest absolute Gasteiger partial charge is 0.174 e. The third kappa shape index (κ3) is 2.66. The number of ether oxygens (including phenoxy) is 1. The van der Waals surface area contributed by atoms with Crippen molar-refractivity contribution in [2.24, 2.45) is 0 Å². The van der Waals surface area contributed by atoms with Crippen LogP contribution < -0.4 is 9.64 Å². The molecule has 0 aliphatic carbocycles. The lowest BCUT2D eigenvalue weighted by Crippen LogP contribution is -2.29. The molecule has 16 heavy (non-hydrogen) atoms. The van der Waals surface area contributed by atoms with Gasteiger partial charge in [-0.25, -0.2) is 0 Å². The third-order valence-electron chi connectivity index (χ3n) is 2.86. The monoisotopic (exact) mass is 216 g/mol. The second-order valence-corrected chi connectivity index (χ2v) is 3.99. The van der Waals surface area contributed by atoms with Gasteiger partial charge >= 0.3 is 0 Å². The Balaban J connectivity index is 1.98. The first-order valence-corrected chi connectivity index (χ1v) is 5.75. The van der Waals surface area contributed by atoms with E-state index in [2.05, 4.69) is 17.0 Å². The van der Waals surface area contributed by atoms with Crippen molar-refractivity contribution in [3.05, 3.63) is 24.3 Å². The Hall–Kier alpha value is -1.69. The maximum absolute atomic E-state index is 8.40. The summed E-state index contributed by atoms with van der Waals surface area (Å²) in [5.74, 6) is 0.766. The lowest BCUT2D eigenvalue weighted by Gasteiger charge is -2.28. The molecule has 1 aromatic carbocycles. The molecule has 0 unspecified atom stereocenters. The van der Waals surface area contributed by atoms with Crippen LogP contribution in [-0.2, 0) is 0 Å². The summed E-state index contributed by atoms with van der Waals surface area (Å²) in [5, 5.41) is 8.40. The first-order chi connectivity index (χ1) is 7.90. The summed E-state index contributed by atoms with van der Waals surface area (Å²) in [6.45, 7) is 2.42. The van der Waals surface area contributed by atoms with Crippen molar-refractivity contribution in [3.8, 4) is 11.8 Å². The Kier molecular flexibility index (Phi) is 3.66. The van der Waals surface area contributed by atoms with Crippen LogP contribution in [0.2, 0.25) is 0 Å². The molecule has 84 valence electrons. The van der Waals surface area contributed by atoms with Crippen molar-refractivity contribution < 1.29 is 4.74 Å². The van der Waals surface area contributed by atoms with Crippen LogP contribution >= 0.6 is 0 Å². The minimum absolute atomic E-state index is 0.114. The molecule has 0 aromatic heterocycles. The Morgan fingerprint density at radius 3 is 2.44 bits per heavy atom. The topological polar surface area (TPSA) is 36.3 Å². The van der Waals surface area contributed by atoms with Gasteiger partial charge in [-0.3, -0.25) is 0 Å². The summed E-state index contributed by atoms with van der Waals surface area (Å²) in [6.07, 6.45) is 3.92. The zero-order valence-electron chi connectivity index (χ0n) is 9.35. The van der Waals surface area contributed by atoms with E-state index in [1.165, 1.54) is 24.9 Å². The van der Waals surface area contributed by atoms with E-state index in [1.807, 2.05) is 18.2 Å². The summed E-state index contributed by atoms with van der Waals surface area (Å²) in [4.78, 5) is 2.40. The van der Waals surface area contributed by atoms with Gasteiger partial charge in [0, 0.05) is 18.8 Å². The summed E-state index contributed by atoms with van der Waals surface area (Å²) in [7, 11) is 0. The minimum Gasteiger partial charge on any atom is -0.479 e. The number of benzene rings is 1. The number of rotatable bonds is 3. The molecular formula is C13H16N2O. The van der Waals surface area contributed by atoms with Gasteiger partial charge in [-0.15, -0.1) is 0 Å².